The molecular formula is C18H12F2N6O. The average Bonchev–Trinajstić information content (AvgIpc) is 3.14. The first-order chi connectivity index (χ1) is 13.0. The first kappa shape index (κ1) is 16.6. The lowest BCUT2D eigenvalue weighted by Crippen LogP contribution is -2.06. The fourth-order valence-electron chi connectivity index (χ4n) is 2.64. The number of pyridine rings is 1. The Morgan fingerprint density at radius 2 is 1.78 bits per heavy atom. The average molecular weight is 366 g/mol. The molecule has 134 valence electrons. The van der Waals surface area contributed by atoms with E-state index in [1.807, 2.05) is 0 Å². The van der Waals surface area contributed by atoms with Gasteiger partial charge in [0.25, 0.3) is 0 Å². The molecule has 3 N–H and O–H groups in total. The second kappa shape index (κ2) is 6.45. The van der Waals surface area contributed by atoms with Gasteiger partial charge in [0.15, 0.2) is 17.5 Å². The number of aromatic hydroxyl groups is 1. The molecule has 2 heterocycles. The summed E-state index contributed by atoms with van der Waals surface area (Å²) in [6.45, 7) is 0. The van der Waals surface area contributed by atoms with Crippen molar-refractivity contribution >= 4 is 5.82 Å². The normalized spacial score (nSPS) is 10.9. The van der Waals surface area contributed by atoms with Gasteiger partial charge in [0.1, 0.15) is 17.3 Å². The minimum atomic E-state index is -1.08. The van der Waals surface area contributed by atoms with Crippen LogP contribution in [-0.2, 0) is 0 Å². The number of hydrogen-bond donors (Lipinski definition) is 2. The van der Waals surface area contributed by atoms with E-state index in [1.54, 1.807) is 24.4 Å². The molecule has 0 aliphatic heterocycles. The van der Waals surface area contributed by atoms with Gasteiger partial charge in [0, 0.05) is 11.8 Å². The Kier molecular flexibility index (Phi) is 3.96. The Balaban J connectivity index is 1.86. The van der Waals surface area contributed by atoms with Gasteiger partial charge in [-0.1, -0.05) is 18.2 Å². The predicted molar refractivity (Wildman–Crippen MR) is 93.8 cm³/mol. The van der Waals surface area contributed by atoms with Crippen LogP contribution in [0.2, 0.25) is 0 Å². The molecule has 2 aromatic heterocycles. The maximum Gasteiger partial charge on any atom is 0.190 e. The number of anilines is 1. The zero-order chi connectivity index (χ0) is 19.0. The number of rotatable bonds is 3. The van der Waals surface area contributed by atoms with Crippen molar-refractivity contribution in [1.82, 2.24) is 25.2 Å². The molecule has 9 heteroatoms. The van der Waals surface area contributed by atoms with Crippen molar-refractivity contribution in [3.8, 4) is 34.0 Å². The van der Waals surface area contributed by atoms with E-state index in [0.717, 1.165) is 16.3 Å². The van der Waals surface area contributed by atoms with Crippen molar-refractivity contribution in [2.75, 3.05) is 5.73 Å². The number of nitrogen functional groups attached to an aromatic ring is 1. The first-order valence-corrected chi connectivity index (χ1v) is 7.82. The van der Waals surface area contributed by atoms with E-state index < -0.39 is 11.6 Å². The molecule has 0 unspecified atom stereocenters. The topological polar surface area (TPSA) is 103 Å². The van der Waals surface area contributed by atoms with Gasteiger partial charge >= 0.3 is 0 Å². The lowest BCUT2D eigenvalue weighted by Gasteiger charge is -2.09. The number of phenols is 1. The molecule has 0 saturated carbocycles. The van der Waals surface area contributed by atoms with Gasteiger partial charge in [0.2, 0.25) is 0 Å². The Labute approximate surface area is 151 Å². The number of phenolic OH excluding ortho intramolecular Hbond substituents is 1. The number of halogens is 2. The van der Waals surface area contributed by atoms with E-state index in [4.69, 9.17) is 5.73 Å². The van der Waals surface area contributed by atoms with Crippen LogP contribution >= 0.6 is 0 Å². The van der Waals surface area contributed by atoms with Gasteiger partial charge in [-0.3, -0.25) is 0 Å². The van der Waals surface area contributed by atoms with Gasteiger partial charge in [-0.2, -0.15) is 4.68 Å². The molecule has 2 aromatic carbocycles. The quantitative estimate of drug-likeness (QED) is 0.578. The Morgan fingerprint density at radius 3 is 2.56 bits per heavy atom. The maximum absolute atomic E-state index is 14.2. The monoisotopic (exact) mass is 366 g/mol. The lowest BCUT2D eigenvalue weighted by atomic mass is 10.0. The molecule has 0 atom stereocenters. The van der Waals surface area contributed by atoms with Gasteiger partial charge in [-0.15, -0.1) is 5.10 Å². The summed E-state index contributed by atoms with van der Waals surface area (Å²) in [6.07, 6.45) is 1.56. The number of hydrogen-bond acceptors (Lipinski definition) is 6. The molecule has 0 saturated heterocycles. The summed E-state index contributed by atoms with van der Waals surface area (Å²) in [6, 6.07) is 11.9. The smallest absolute Gasteiger partial charge is 0.190 e. The molecule has 0 bridgehead atoms. The largest absolute Gasteiger partial charge is 0.508 e. The standard InChI is InChI=1S/C18H12F2N6O/c19-14-2-1-3-15(16(14)20)26-18(23-24-25-26)13-8-11(9-22-17(13)21)10-4-6-12(27)7-5-10/h1-9,27H,(H2,21,22). The molecule has 0 aliphatic rings. The van der Waals surface area contributed by atoms with E-state index in [0.29, 0.717) is 11.1 Å². The molecular weight excluding hydrogens is 354 g/mol. The minimum absolute atomic E-state index is 0.116. The number of tetrazole rings is 1. The molecule has 4 rings (SSSR count). The zero-order valence-electron chi connectivity index (χ0n) is 13.7. The van der Waals surface area contributed by atoms with E-state index in [9.17, 15) is 13.9 Å². The summed E-state index contributed by atoms with van der Waals surface area (Å²) in [5, 5.41) is 20.6. The highest BCUT2D eigenvalue weighted by atomic mass is 19.2. The zero-order valence-corrected chi connectivity index (χ0v) is 13.7. The third kappa shape index (κ3) is 2.95. The van der Waals surface area contributed by atoms with E-state index in [-0.39, 0.29) is 23.1 Å². The summed E-state index contributed by atoms with van der Waals surface area (Å²) in [4.78, 5) is 4.15. The highest BCUT2D eigenvalue weighted by molar-refractivity contribution is 5.76. The highest BCUT2D eigenvalue weighted by Crippen LogP contribution is 2.30. The summed E-state index contributed by atoms with van der Waals surface area (Å²) in [5.41, 5.74) is 7.64. The highest BCUT2D eigenvalue weighted by Gasteiger charge is 2.19. The van der Waals surface area contributed by atoms with Crippen LogP contribution < -0.4 is 5.73 Å². The van der Waals surface area contributed by atoms with E-state index in [1.165, 1.54) is 24.3 Å². The summed E-state index contributed by atoms with van der Waals surface area (Å²) < 4.78 is 28.8. The fraction of sp³-hybridized carbons (Fsp3) is 0. The van der Waals surface area contributed by atoms with Gasteiger partial charge in [-0.25, -0.2) is 13.8 Å². The Bertz CT molecular complexity index is 1130. The summed E-state index contributed by atoms with van der Waals surface area (Å²) in [5.74, 6) is -1.71. The summed E-state index contributed by atoms with van der Waals surface area (Å²) >= 11 is 0. The first-order valence-electron chi connectivity index (χ1n) is 7.82. The molecule has 4 aromatic rings. The van der Waals surface area contributed by atoms with E-state index in [2.05, 4.69) is 20.5 Å². The van der Waals surface area contributed by atoms with Crippen molar-refractivity contribution in [3.63, 3.8) is 0 Å². The van der Waals surface area contributed by atoms with Crippen LogP contribution in [0.4, 0.5) is 14.6 Å². The summed E-state index contributed by atoms with van der Waals surface area (Å²) in [7, 11) is 0. The predicted octanol–water partition coefficient (Wildman–Crippen LogP) is 2.96. The lowest BCUT2D eigenvalue weighted by molar-refractivity contribution is 0.475. The number of benzene rings is 2. The molecule has 27 heavy (non-hydrogen) atoms. The second-order valence-electron chi connectivity index (χ2n) is 5.69. The Morgan fingerprint density at radius 1 is 1.00 bits per heavy atom. The van der Waals surface area contributed by atoms with Crippen molar-refractivity contribution in [1.29, 1.82) is 0 Å². The van der Waals surface area contributed by atoms with Crippen LogP contribution in [0.25, 0.3) is 28.2 Å². The molecule has 0 radical (unpaired) electrons. The van der Waals surface area contributed by atoms with Crippen molar-refractivity contribution in [3.05, 3.63) is 66.4 Å². The second-order valence-corrected chi connectivity index (χ2v) is 5.69. The van der Waals surface area contributed by atoms with Crippen molar-refractivity contribution in [2.24, 2.45) is 0 Å². The molecule has 0 aliphatic carbocycles. The van der Waals surface area contributed by atoms with Gasteiger partial charge < -0.3 is 10.8 Å². The van der Waals surface area contributed by atoms with Gasteiger partial charge in [0.05, 0.1) is 5.56 Å². The van der Waals surface area contributed by atoms with Gasteiger partial charge in [-0.05, 0) is 46.3 Å². The fourth-order valence-corrected chi connectivity index (χ4v) is 2.64. The van der Waals surface area contributed by atoms with Crippen LogP contribution in [0.15, 0.2) is 54.7 Å². The molecule has 7 nitrogen and oxygen atoms in total. The van der Waals surface area contributed by atoms with Crippen molar-refractivity contribution in [2.45, 2.75) is 0 Å². The third-order valence-electron chi connectivity index (χ3n) is 3.99. The Hall–Kier alpha value is -3.88. The number of nitrogens with two attached hydrogens (primary N) is 1. The van der Waals surface area contributed by atoms with Crippen LogP contribution in [0.1, 0.15) is 0 Å². The van der Waals surface area contributed by atoms with Crippen molar-refractivity contribution < 1.29 is 13.9 Å². The minimum Gasteiger partial charge on any atom is -0.508 e. The molecule has 0 fully saturated rings. The van der Waals surface area contributed by atoms with Crippen LogP contribution in [0.3, 0.4) is 0 Å². The number of nitrogens with zero attached hydrogens (tertiary/aromatic N) is 5. The molecule has 0 amide bonds. The third-order valence-corrected chi connectivity index (χ3v) is 3.99. The molecule has 0 spiro atoms. The van der Waals surface area contributed by atoms with Crippen LogP contribution in [0.5, 0.6) is 5.75 Å². The number of aromatic nitrogens is 5. The SMILES string of the molecule is Nc1ncc(-c2ccc(O)cc2)cc1-c1nnnn1-c1cccc(F)c1F. The van der Waals surface area contributed by atoms with Crippen LogP contribution in [0, 0.1) is 11.6 Å². The van der Waals surface area contributed by atoms with E-state index >= 15 is 0 Å². The van der Waals surface area contributed by atoms with Crippen LogP contribution in [-0.4, -0.2) is 30.3 Å². The maximum atomic E-state index is 14.2.